The minimum atomic E-state index is -3.55. The van der Waals surface area contributed by atoms with Crippen LogP contribution in [0.15, 0.2) is 57.4 Å². The van der Waals surface area contributed by atoms with Crippen molar-refractivity contribution in [1.82, 2.24) is 9.29 Å². The van der Waals surface area contributed by atoms with Crippen molar-refractivity contribution >= 4 is 27.5 Å². The summed E-state index contributed by atoms with van der Waals surface area (Å²) in [6, 6.07) is 10.5. The van der Waals surface area contributed by atoms with E-state index >= 15 is 0 Å². The second kappa shape index (κ2) is 5.82. The maximum atomic E-state index is 12.2. The van der Waals surface area contributed by atoms with Gasteiger partial charge in [-0.15, -0.1) is 0 Å². The summed E-state index contributed by atoms with van der Waals surface area (Å²) in [6.45, 7) is 0. The molecule has 1 heterocycles. The molecule has 0 saturated carbocycles. The molecule has 0 aliphatic carbocycles. The number of anilines is 1. The Morgan fingerprint density at radius 2 is 1.90 bits per heavy atom. The Labute approximate surface area is 122 Å². The number of hydrogen-bond acceptors (Lipinski definition) is 5. The van der Waals surface area contributed by atoms with Gasteiger partial charge in [0.15, 0.2) is 0 Å². The molecule has 0 aliphatic heterocycles. The number of pyridine rings is 1. The van der Waals surface area contributed by atoms with Crippen molar-refractivity contribution < 1.29 is 8.42 Å². The second-order valence-corrected chi connectivity index (χ2v) is 7.41. The van der Waals surface area contributed by atoms with Crippen LogP contribution in [0.4, 0.5) is 5.69 Å². The zero-order valence-corrected chi connectivity index (χ0v) is 12.8. The molecule has 5 nitrogen and oxygen atoms in total. The molecular weight excluding hydrogens is 294 g/mol. The molecule has 106 valence electrons. The van der Waals surface area contributed by atoms with Crippen LogP contribution in [0.5, 0.6) is 0 Å². The summed E-state index contributed by atoms with van der Waals surface area (Å²) in [5.74, 6) is 0. The molecule has 0 unspecified atom stereocenters. The van der Waals surface area contributed by atoms with E-state index in [4.69, 9.17) is 5.73 Å². The Morgan fingerprint density at radius 3 is 2.50 bits per heavy atom. The van der Waals surface area contributed by atoms with Crippen LogP contribution in [0.25, 0.3) is 0 Å². The van der Waals surface area contributed by atoms with E-state index < -0.39 is 10.0 Å². The topological polar surface area (TPSA) is 76.3 Å². The standard InChI is InChI=1S/C13H15N3O2S2/c1-16(2)20(17,18)11-7-5-6-10(13(11)14)19-12-8-3-4-9-15-12/h3-9H,14H2,1-2H3. The largest absolute Gasteiger partial charge is 0.397 e. The Morgan fingerprint density at radius 1 is 1.15 bits per heavy atom. The van der Waals surface area contributed by atoms with Gasteiger partial charge >= 0.3 is 0 Å². The van der Waals surface area contributed by atoms with Gasteiger partial charge in [0.1, 0.15) is 9.92 Å². The normalized spacial score (nSPS) is 11.8. The highest BCUT2D eigenvalue weighted by molar-refractivity contribution is 7.99. The van der Waals surface area contributed by atoms with E-state index in [1.165, 1.54) is 31.9 Å². The van der Waals surface area contributed by atoms with Crippen molar-refractivity contribution in [3.05, 3.63) is 42.6 Å². The molecule has 2 aromatic rings. The van der Waals surface area contributed by atoms with Crippen molar-refractivity contribution in [3.8, 4) is 0 Å². The van der Waals surface area contributed by atoms with Crippen LogP contribution >= 0.6 is 11.8 Å². The molecule has 1 aromatic carbocycles. The number of sulfonamides is 1. The first-order chi connectivity index (χ1) is 9.43. The lowest BCUT2D eigenvalue weighted by Gasteiger charge is -2.15. The van der Waals surface area contributed by atoms with Crippen molar-refractivity contribution in [2.75, 3.05) is 19.8 Å². The van der Waals surface area contributed by atoms with Crippen LogP contribution in [0.2, 0.25) is 0 Å². The number of nitrogen functional groups attached to an aromatic ring is 1. The first-order valence-corrected chi connectivity index (χ1v) is 8.08. The van der Waals surface area contributed by atoms with Gasteiger partial charge in [0.05, 0.1) is 5.69 Å². The zero-order valence-electron chi connectivity index (χ0n) is 11.1. The number of nitrogens with zero attached hydrogens (tertiary/aromatic N) is 2. The van der Waals surface area contributed by atoms with E-state index in [0.717, 1.165) is 9.33 Å². The van der Waals surface area contributed by atoms with Gasteiger partial charge in [-0.25, -0.2) is 17.7 Å². The summed E-state index contributed by atoms with van der Waals surface area (Å²) < 4.78 is 25.5. The van der Waals surface area contributed by atoms with Crippen LogP contribution < -0.4 is 5.73 Å². The fourth-order valence-corrected chi connectivity index (χ4v) is 3.50. The smallest absolute Gasteiger partial charge is 0.244 e. The van der Waals surface area contributed by atoms with Crippen molar-refractivity contribution in [2.45, 2.75) is 14.8 Å². The lowest BCUT2D eigenvalue weighted by atomic mass is 10.3. The summed E-state index contributed by atoms with van der Waals surface area (Å²) in [6.07, 6.45) is 1.68. The van der Waals surface area contributed by atoms with E-state index in [9.17, 15) is 8.42 Å². The molecule has 20 heavy (non-hydrogen) atoms. The van der Waals surface area contributed by atoms with Gasteiger partial charge in [-0.3, -0.25) is 0 Å². The third kappa shape index (κ3) is 2.95. The van der Waals surface area contributed by atoms with Crippen LogP contribution in [-0.4, -0.2) is 31.8 Å². The van der Waals surface area contributed by atoms with Crippen molar-refractivity contribution in [2.24, 2.45) is 0 Å². The van der Waals surface area contributed by atoms with Gasteiger partial charge in [0, 0.05) is 25.2 Å². The first-order valence-electron chi connectivity index (χ1n) is 5.83. The minimum absolute atomic E-state index is 0.114. The molecular formula is C13H15N3O2S2. The zero-order chi connectivity index (χ0) is 14.8. The van der Waals surface area contributed by atoms with Gasteiger partial charge in [-0.2, -0.15) is 0 Å². The summed E-state index contributed by atoms with van der Waals surface area (Å²) in [5.41, 5.74) is 6.25. The van der Waals surface area contributed by atoms with E-state index in [2.05, 4.69) is 4.98 Å². The molecule has 0 atom stereocenters. The molecule has 2 rings (SSSR count). The molecule has 0 amide bonds. The van der Waals surface area contributed by atoms with Gasteiger partial charge in [-0.1, -0.05) is 23.9 Å². The highest BCUT2D eigenvalue weighted by Crippen LogP contribution is 2.34. The van der Waals surface area contributed by atoms with Crippen LogP contribution in [0.1, 0.15) is 0 Å². The molecule has 0 radical (unpaired) electrons. The lowest BCUT2D eigenvalue weighted by molar-refractivity contribution is 0.521. The Bertz CT molecular complexity index is 701. The summed E-state index contributed by atoms with van der Waals surface area (Å²) >= 11 is 1.34. The lowest BCUT2D eigenvalue weighted by Crippen LogP contribution is -2.23. The Hall–Kier alpha value is -1.57. The van der Waals surface area contributed by atoms with Crippen LogP contribution in [0.3, 0.4) is 0 Å². The average Bonchev–Trinajstić information content (AvgIpc) is 2.42. The number of rotatable bonds is 4. The first kappa shape index (κ1) is 14.8. The number of hydrogen-bond donors (Lipinski definition) is 1. The molecule has 0 aliphatic rings. The average molecular weight is 309 g/mol. The van der Waals surface area contributed by atoms with Gasteiger partial charge < -0.3 is 5.73 Å². The summed E-state index contributed by atoms with van der Waals surface area (Å²) in [7, 11) is -0.589. The van der Waals surface area contributed by atoms with Crippen molar-refractivity contribution in [3.63, 3.8) is 0 Å². The minimum Gasteiger partial charge on any atom is -0.397 e. The molecule has 0 saturated heterocycles. The Balaban J connectivity index is 2.43. The molecule has 2 N–H and O–H groups in total. The number of para-hydroxylation sites is 1. The highest BCUT2D eigenvalue weighted by Gasteiger charge is 2.21. The SMILES string of the molecule is CN(C)S(=O)(=O)c1cccc(Sc2ccccn2)c1N. The predicted octanol–water partition coefficient (Wildman–Crippen LogP) is 2.07. The second-order valence-electron chi connectivity index (χ2n) is 4.23. The summed E-state index contributed by atoms with van der Waals surface area (Å²) in [4.78, 5) is 4.98. The summed E-state index contributed by atoms with van der Waals surface area (Å²) in [5, 5.41) is 0.763. The molecule has 1 aromatic heterocycles. The monoisotopic (exact) mass is 309 g/mol. The maximum Gasteiger partial charge on any atom is 0.244 e. The fraction of sp³-hybridized carbons (Fsp3) is 0.154. The van der Waals surface area contributed by atoms with Crippen LogP contribution in [0, 0.1) is 0 Å². The van der Waals surface area contributed by atoms with E-state index in [1.54, 1.807) is 18.3 Å². The number of benzene rings is 1. The Kier molecular flexibility index (Phi) is 4.32. The fourth-order valence-electron chi connectivity index (χ4n) is 1.55. The third-order valence-electron chi connectivity index (χ3n) is 2.64. The molecule has 0 fully saturated rings. The van der Waals surface area contributed by atoms with Gasteiger partial charge in [0.25, 0.3) is 0 Å². The van der Waals surface area contributed by atoms with E-state index in [-0.39, 0.29) is 10.6 Å². The maximum absolute atomic E-state index is 12.2. The number of nitrogens with two attached hydrogens (primary N) is 1. The molecule has 7 heteroatoms. The van der Waals surface area contributed by atoms with Crippen molar-refractivity contribution in [1.29, 1.82) is 0 Å². The molecule has 0 bridgehead atoms. The van der Waals surface area contributed by atoms with Crippen LogP contribution in [-0.2, 0) is 10.0 Å². The molecule has 0 spiro atoms. The number of aromatic nitrogens is 1. The highest BCUT2D eigenvalue weighted by atomic mass is 32.2. The quantitative estimate of drug-likeness (QED) is 0.875. The third-order valence-corrected chi connectivity index (χ3v) is 5.54. The van der Waals surface area contributed by atoms with Gasteiger partial charge in [-0.05, 0) is 24.3 Å². The van der Waals surface area contributed by atoms with E-state index in [0.29, 0.717) is 4.90 Å². The predicted molar refractivity (Wildman–Crippen MR) is 80.1 cm³/mol. The van der Waals surface area contributed by atoms with E-state index in [1.807, 2.05) is 18.2 Å². The van der Waals surface area contributed by atoms with Gasteiger partial charge in [0.2, 0.25) is 10.0 Å².